The first kappa shape index (κ1) is 18.0. The third-order valence-corrected chi connectivity index (χ3v) is 4.26. The van der Waals surface area contributed by atoms with E-state index in [0.29, 0.717) is 12.0 Å². The molecule has 0 aromatic heterocycles. The number of nitrogens with two attached hydrogens (primary N) is 1. The number of rotatable bonds is 6. The molecule has 1 aromatic rings. The zero-order chi connectivity index (χ0) is 14.4. The summed E-state index contributed by atoms with van der Waals surface area (Å²) in [5.74, 6) is 0.576. The van der Waals surface area contributed by atoms with Gasteiger partial charge in [0.1, 0.15) is 0 Å². The summed E-state index contributed by atoms with van der Waals surface area (Å²) in [4.78, 5) is 12.1. The number of benzene rings is 1. The fourth-order valence-corrected chi connectivity index (χ4v) is 3.12. The Labute approximate surface area is 134 Å². The molecular formula is C17H27ClN2O. The van der Waals surface area contributed by atoms with E-state index in [4.69, 9.17) is 5.73 Å². The molecule has 1 aliphatic carbocycles. The van der Waals surface area contributed by atoms with Crippen LogP contribution in [-0.2, 0) is 11.2 Å². The molecule has 3 nitrogen and oxygen atoms in total. The van der Waals surface area contributed by atoms with Crippen LogP contribution in [0.2, 0.25) is 0 Å². The molecule has 118 valence electrons. The smallest absolute Gasteiger partial charge is 0.237 e. The SMILES string of the molecule is CCCC(N)C(=O)NC1CCCC1Cc1ccccc1.Cl. The molecule has 1 amide bonds. The fourth-order valence-electron chi connectivity index (χ4n) is 3.12. The first-order chi connectivity index (χ1) is 9.70. The summed E-state index contributed by atoms with van der Waals surface area (Å²) in [5, 5.41) is 3.17. The molecule has 1 fully saturated rings. The normalized spacial score (nSPS) is 22.4. The van der Waals surface area contributed by atoms with Gasteiger partial charge in [0.25, 0.3) is 0 Å². The zero-order valence-corrected chi connectivity index (χ0v) is 13.6. The lowest BCUT2D eigenvalue weighted by molar-refractivity contribution is -0.123. The number of halogens is 1. The number of amides is 1. The molecule has 0 aliphatic heterocycles. The monoisotopic (exact) mass is 310 g/mol. The third-order valence-electron chi connectivity index (χ3n) is 4.26. The molecule has 21 heavy (non-hydrogen) atoms. The second-order valence-electron chi connectivity index (χ2n) is 5.89. The molecule has 3 N–H and O–H groups in total. The van der Waals surface area contributed by atoms with Gasteiger partial charge in [-0.15, -0.1) is 12.4 Å². The van der Waals surface area contributed by atoms with Gasteiger partial charge >= 0.3 is 0 Å². The number of carbonyl (C=O) groups is 1. The summed E-state index contributed by atoms with van der Waals surface area (Å²) in [6.07, 6.45) is 6.25. The highest BCUT2D eigenvalue weighted by atomic mass is 35.5. The van der Waals surface area contributed by atoms with Gasteiger partial charge in [-0.05, 0) is 37.2 Å². The minimum atomic E-state index is -0.349. The van der Waals surface area contributed by atoms with Gasteiger partial charge < -0.3 is 11.1 Å². The fraction of sp³-hybridized carbons (Fsp3) is 0.588. The van der Waals surface area contributed by atoms with E-state index in [-0.39, 0.29) is 24.4 Å². The summed E-state index contributed by atoms with van der Waals surface area (Å²) < 4.78 is 0. The van der Waals surface area contributed by atoms with E-state index in [1.54, 1.807) is 0 Å². The van der Waals surface area contributed by atoms with Crippen molar-refractivity contribution in [2.24, 2.45) is 11.7 Å². The van der Waals surface area contributed by atoms with Crippen LogP contribution in [0.3, 0.4) is 0 Å². The zero-order valence-electron chi connectivity index (χ0n) is 12.8. The molecule has 3 unspecified atom stereocenters. The number of hydrogen-bond acceptors (Lipinski definition) is 2. The molecule has 0 spiro atoms. The van der Waals surface area contributed by atoms with Gasteiger partial charge in [-0.25, -0.2) is 0 Å². The third kappa shape index (κ3) is 5.33. The highest BCUT2D eigenvalue weighted by molar-refractivity contribution is 5.85. The Bertz CT molecular complexity index is 424. The van der Waals surface area contributed by atoms with Gasteiger partial charge in [-0.2, -0.15) is 0 Å². The standard InChI is InChI=1S/C17H26N2O.ClH/c1-2-7-15(18)17(20)19-16-11-6-10-14(16)12-13-8-4-3-5-9-13;/h3-5,8-9,14-16H,2,6-7,10-12,18H2,1H3,(H,19,20);1H. The lowest BCUT2D eigenvalue weighted by Gasteiger charge is -2.23. The van der Waals surface area contributed by atoms with Crippen molar-refractivity contribution in [3.63, 3.8) is 0 Å². The van der Waals surface area contributed by atoms with Crippen molar-refractivity contribution in [1.29, 1.82) is 0 Å². The summed E-state index contributed by atoms with van der Waals surface area (Å²) in [5.41, 5.74) is 7.25. The van der Waals surface area contributed by atoms with Gasteiger partial charge in [0.05, 0.1) is 6.04 Å². The van der Waals surface area contributed by atoms with Crippen LogP contribution in [0.25, 0.3) is 0 Å². The van der Waals surface area contributed by atoms with E-state index in [1.807, 2.05) is 6.07 Å². The Hall–Kier alpha value is -1.06. The predicted octanol–water partition coefficient (Wildman–Crippen LogP) is 3.06. The molecule has 0 bridgehead atoms. The minimum absolute atomic E-state index is 0. The molecule has 1 saturated carbocycles. The number of hydrogen-bond donors (Lipinski definition) is 2. The minimum Gasteiger partial charge on any atom is -0.352 e. The summed E-state index contributed by atoms with van der Waals surface area (Å²) in [7, 11) is 0. The highest BCUT2D eigenvalue weighted by Crippen LogP contribution is 2.28. The summed E-state index contributed by atoms with van der Waals surface area (Å²) in [6.45, 7) is 2.06. The maximum Gasteiger partial charge on any atom is 0.237 e. The average molecular weight is 311 g/mol. The van der Waals surface area contributed by atoms with E-state index < -0.39 is 0 Å². The van der Waals surface area contributed by atoms with Crippen molar-refractivity contribution in [2.45, 2.75) is 57.5 Å². The Morgan fingerprint density at radius 1 is 1.33 bits per heavy atom. The van der Waals surface area contributed by atoms with Crippen molar-refractivity contribution in [2.75, 3.05) is 0 Å². The maximum atomic E-state index is 12.1. The molecule has 0 heterocycles. The van der Waals surface area contributed by atoms with Crippen LogP contribution in [0.5, 0.6) is 0 Å². The molecule has 2 rings (SSSR count). The first-order valence-corrected chi connectivity index (χ1v) is 7.80. The van der Waals surface area contributed by atoms with Crippen LogP contribution < -0.4 is 11.1 Å². The van der Waals surface area contributed by atoms with Gasteiger partial charge in [0.2, 0.25) is 5.91 Å². The Morgan fingerprint density at radius 2 is 2.05 bits per heavy atom. The Balaban J connectivity index is 0.00000220. The molecule has 3 atom stereocenters. The van der Waals surface area contributed by atoms with Crippen molar-refractivity contribution >= 4 is 18.3 Å². The number of carbonyl (C=O) groups excluding carboxylic acids is 1. The Kier molecular flexibility index (Phi) is 7.76. The Morgan fingerprint density at radius 3 is 2.71 bits per heavy atom. The second-order valence-corrected chi connectivity index (χ2v) is 5.89. The van der Waals surface area contributed by atoms with Gasteiger partial charge in [-0.3, -0.25) is 4.79 Å². The first-order valence-electron chi connectivity index (χ1n) is 7.80. The van der Waals surface area contributed by atoms with Crippen molar-refractivity contribution in [1.82, 2.24) is 5.32 Å². The van der Waals surface area contributed by atoms with Gasteiger partial charge in [0, 0.05) is 6.04 Å². The summed E-state index contributed by atoms with van der Waals surface area (Å²) >= 11 is 0. The topological polar surface area (TPSA) is 55.1 Å². The lowest BCUT2D eigenvalue weighted by atomic mass is 9.94. The van der Waals surface area contributed by atoms with Crippen LogP contribution in [0, 0.1) is 5.92 Å². The summed E-state index contributed by atoms with van der Waals surface area (Å²) in [6, 6.07) is 10.5. The van der Waals surface area contributed by atoms with Crippen LogP contribution in [0.1, 0.15) is 44.6 Å². The van der Waals surface area contributed by atoms with E-state index in [9.17, 15) is 4.79 Å². The van der Waals surface area contributed by atoms with Crippen molar-refractivity contribution in [3.05, 3.63) is 35.9 Å². The van der Waals surface area contributed by atoms with E-state index >= 15 is 0 Å². The van der Waals surface area contributed by atoms with E-state index in [1.165, 1.54) is 18.4 Å². The average Bonchev–Trinajstić information content (AvgIpc) is 2.87. The molecule has 1 aromatic carbocycles. The van der Waals surface area contributed by atoms with Crippen LogP contribution >= 0.6 is 12.4 Å². The van der Waals surface area contributed by atoms with Crippen molar-refractivity contribution in [3.8, 4) is 0 Å². The lowest BCUT2D eigenvalue weighted by Crippen LogP contribution is -2.46. The quantitative estimate of drug-likeness (QED) is 0.848. The second kappa shape index (κ2) is 9.06. The predicted molar refractivity (Wildman–Crippen MR) is 89.5 cm³/mol. The molecule has 0 saturated heterocycles. The van der Waals surface area contributed by atoms with E-state index in [2.05, 4.69) is 36.5 Å². The van der Waals surface area contributed by atoms with Crippen LogP contribution in [-0.4, -0.2) is 18.0 Å². The molecule has 1 aliphatic rings. The molecular weight excluding hydrogens is 284 g/mol. The molecule has 4 heteroatoms. The number of nitrogens with one attached hydrogen (secondary N) is 1. The largest absolute Gasteiger partial charge is 0.352 e. The molecule has 0 radical (unpaired) electrons. The maximum absolute atomic E-state index is 12.1. The van der Waals surface area contributed by atoms with Gasteiger partial charge in [0.15, 0.2) is 0 Å². The van der Waals surface area contributed by atoms with E-state index in [0.717, 1.165) is 25.7 Å². The van der Waals surface area contributed by atoms with Crippen LogP contribution in [0.15, 0.2) is 30.3 Å². The van der Waals surface area contributed by atoms with Crippen molar-refractivity contribution < 1.29 is 4.79 Å². The highest BCUT2D eigenvalue weighted by Gasteiger charge is 2.29. The van der Waals surface area contributed by atoms with Crippen LogP contribution in [0.4, 0.5) is 0 Å². The van der Waals surface area contributed by atoms with Gasteiger partial charge in [-0.1, -0.05) is 50.1 Å².